The molecule has 0 bridgehead atoms. The fourth-order valence-corrected chi connectivity index (χ4v) is 19.1. The summed E-state index contributed by atoms with van der Waals surface area (Å²) in [4.78, 5) is 0. The molecule has 1 heterocycles. The van der Waals surface area contributed by atoms with Crippen LogP contribution in [0.2, 0.25) is 0 Å². The van der Waals surface area contributed by atoms with E-state index in [9.17, 15) is 0 Å². The second-order valence-corrected chi connectivity index (χ2v) is 30.0. The molecule has 3 unspecified atom stereocenters. The fraction of sp³-hybridized carbons (Fsp3) is 0.422. The zero-order chi connectivity index (χ0) is 67.5. The number of furan rings is 1. The summed E-state index contributed by atoms with van der Waals surface area (Å²) in [6.07, 6.45) is 0. The van der Waals surface area contributed by atoms with Crippen molar-refractivity contribution in [3.05, 3.63) is 228 Å². The number of fused-ring (bicyclic) bond motifs is 8. The van der Waals surface area contributed by atoms with Crippen LogP contribution in [0.1, 0.15) is 247 Å². The normalized spacial score (nSPS) is 15.7. The Balaban J connectivity index is 1.24. The average molecular weight is 1210 g/mol. The van der Waals surface area contributed by atoms with Gasteiger partial charge in [0.1, 0.15) is 11.2 Å². The smallest absolute Gasteiger partial charge is 0.143 e. The molecule has 0 saturated heterocycles. The number of hydrogen-bond acceptors (Lipinski definition) is 1. The third-order valence-electron chi connectivity index (χ3n) is 27.1. The maximum atomic E-state index is 7.55. The van der Waals surface area contributed by atoms with Crippen molar-refractivity contribution in [2.24, 2.45) is 5.92 Å². The molecule has 2 aliphatic carbocycles. The Bertz CT molecular complexity index is 4870. The molecule has 0 aliphatic heterocycles. The summed E-state index contributed by atoms with van der Waals surface area (Å²) in [5.74, 6) is 0.628. The molecule has 0 radical (unpaired) electrons. The van der Waals surface area contributed by atoms with Crippen molar-refractivity contribution >= 4 is 38.3 Å². The van der Waals surface area contributed by atoms with Crippen molar-refractivity contribution in [3.63, 3.8) is 0 Å². The van der Waals surface area contributed by atoms with E-state index in [1.54, 1.807) is 5.56 Å². The van der Waals surface area contributed by atoms with Gasteiger partial charge in [0.15, 0.2) is 0 Å². The second-order valence-electron chi connectivity index (χ2n) is 30.0. The first-order valence-electron chi connectivity index (χ1n) is 34.3. The van der Waals surface area contributed by atoms with Gasteiger partial charge in [0.05, 0.1) is 0 Å². The van der Waals surface area contributed by atoms with E-state index in [-0.39, 0.29) is 5.92 Å². The highest BCUT2D eigenvalue weighted by atomic mass is 16.3. The van der Waals surface area contributed by atoms with Gasteiger partial charge in [0.2, 0.25) is 0 Å². The summed E-state index contributed by atoms with van der Waals surface area (Å²) in [6.45, 7) is 84.0. The Hall–Kier alpha value is -6.96. The summed E-state index contributed by atoms with van der Waals surface area (Å²) < 4.78 is 7.55. The van der Waals surface area contributed by atoms with Crippen molar-refractivity contribution in [2.45, 2.75) is 254 Å². The summed E-state index contributed by atoms with van der Waals surface area (Å²) in [7, 11) is 0. The number of aryl methyl sites for hydroxylation is 5. The molecule has 8 aromatic carbocycles. The van der Waals surface area contributed by atoms with E-state index in [0.717, 1.165) is 11.2 Å². The molecule has 474 valence electrons. The molecule has 1 aromatic heterocycles. The van der Waals surface area contributed by atoms with Crippen LogP contribution in [0.3, 0.4) is 0 Å². The number of allylic oxidation sites excluding steroid dienone is 5. The SMILES string of the molecule is CC1=C(C)C2C(C)=C(c3c(C)c(C)c(C(c4c(C)c(C)c(C)c(C)c4C)c4c(C)c(C)c(-c5c(C)c(C)c6oc7c8c(C)c(C)c(C)c(C)c8c(-c8c(C)c(C)c(C)c(C)c8C)c(C)c7c6c5C)c(C)c4C)c(C)c3C)c3c(C)c(C)c(C)c(C)c3C2C(C)=C1C. The van der Waals surface area contributed by atoms with Crippen LogP contribution >= 0.6 is 0 Å². The van der Waals surface area contributed by atoms with Crippen LogP contribution in [0, 0.1) is 214 Å². The molecule has 1 nitrogen and oxygen atoms in total. The molecule has 0 spiro atoms. The van der Waals surface area contributed by atoms with Crippen LogP contribution in [0.5, 0.6) is 0 Å². The number of hydrogen-bond donors (Lipinski definition) is 0. The molecule has 2 aliphatic rings. The molecule has 0 fully saturated rings. The quantitative estimate of drug-likeness (QED) is 0.151. The maximum Gasteiger partial charge on any atom is 0.143 e. The minimum absolute atomic E-state index is 0.0110. The monoisotopic (exact) mass is 1200 g/mol. The second kappa shape index (κ2) is 22.1. The van der Waals surface area contributed by atoms with Crippen LogP contribution in [-0.2, 0) is 0 Å². The largest absolute Gasteiger partial charge is 0.455 e. The van der Waals surface area contributed by atoms with E-state index in [1.807, 2.05) is 0 Å². The van der Waals surface area contributed by atoms with Crippen LogP contribution in [0.15, 0.2) is 32.3 Å². The van der Waals surface area contributed by atoms with E-state index < -0.39 is 0 Å². The molecular weight excluding hydrogens is 1100 g/mol. The molecule has 11 rings (SSSR count). The first-order valence-corrected chi connectivity index (χ1v) is 34.3. The van der Waals surface area contributed by atoms with Crippen molar-refractivity contribution in [1.82, 2.24) is 0 Å². The number of rotatable bonds is 6. The van der Waals surface area contributed by atoms with Gasteiger partial charge in [-0.1, -0.05) is 16.7 Å². The molecular formula is C90H108O. The van der Waals surface area contributed by atoms with E-state index >= 15 is 0 Å². The van der Waals surface area contributed by atoms with Gasteiger partial charge in [-0.3, -0.25) is 0 Å². The third-order valence-corrected chi connectivity index (χ3v) is 27.1. The standard InChI is InChI=1S/C90H108O/c1-36-38(3)48(13)72(49(14)39(36)4)84-70(35)87-86-69(34)77(66(31)67(32)89(86)91-90(87)85-57(22)47(12)46(11)56(21)82(84)85)71-58(23)62(27)75(63(28)59(71)24)88(74-50(15)40(5)37(2)41(6)51(74)16)76-64(29)60(25)73(61(26)65(76)30)83-68(33)78-52(17)42(7)43(8)53(18)79(78)80-54(19)44(9)45(10)55(20)81(80)83/h78-79,88H,1-35H3. The molecule has 3 atom stereocenters. The third kappa shape index (κ3) is 8.52. The summed E-state index contributed by atoms with van der Waals surface area (Å²) >= 11 is 0. The van der Waals surface area contributed by atoms with Gasteiger partial charge < -0.3 is 4.42 Å². The fourth-order valence-electron chi connectivity index (χ4n) is 19.1. The maximum absolute atomic E-state index is 7.55. The Morgan fingerprint density at radius 2 is 0.473 bits per heavy atom. The minimum Gasteiger partial charge on any atom is -0.455 e. The van der Waals surface area contributed by atoms with Crippen LogP contribution in [-0.4, -0.2) is 0 Å². The van der Waals surface area contributed by atoms with Crippen molar-refractivity contribution in [1.29, 1.82) is 0 Å². The van der Waals surface area contributed by atoms with Crippen molar-refractivity contribution in [2.75, 3.05) is 0 Å². The summed E-state index contributed by atoms with van der Waals surface area (Å²) in [5.41, 5.74) is 66.8. The lowest BCUT2D eigenvalue weighted by Crippen LogP contribution is -2.30. The Morgan fingerprint density at radius 3 is 0.923 bits per heavy atom. The Morgan fingerprint density at radius 1 is 0.198 bits per heavy atom. The predicted molar refractivity (Wildman–Crippen MR) is 399 cm³/mol. The predicted octanol–water partition coefficient (Wildman–Crippen LogP) is 25.7. The minimum atomic E-state index is -0.0110. The van der Waals surface area contributed by atoms with Gasteiger partial charge in [-0.15, -0.1) is 0 Å². The molecule has 0 saturated carbocycles. The highest BCUT2D eigenvalue weighted by Gasteiger charge is 2.43. The van der Waals surface area contributed by atoms with Gasteiger partial charge in [0, 0.05) is 33.9 Å². The van der Waals surface area contributed by atoms with Crippen LogP contribution in [0.25, 0.3) is 60.5 Å². The topological polar surface area (TPSA) is 13.1 Å². The lowest BCUT2D eigenvalue weighted by molar-refractivity contribution is 0.571. The van der Waals surface area contributed by atoms with Crippen molar-refractivity contribution < 1.29 is 4.42 Å². The van der Waals surface area contributed by atoms with E-state index in [4.69, 9.17) is 4.42 Å². The van der Waals surface area contributed by atoms with Gasteiger partial charge in [-0.2, -0.15) is 0 Å². The van der Waals surface area contributed by atoms with E-state index in [0.29, 0.717) is 11.8 Å². The molecule has 0 N–H and O–H groups in total. The molecule has 9 aromatic rings. The molecule has 1 heteroatoms. The van der Waals surface area contributed by atoms with Gasteiger partial charge in [-0.25, -0.2) is 0 Å². The van der Waals surface area contributed by atoms with E-state index in [1.165, 1.54) is 272 Å². The van der Waals surface area contributed by atoms with Crippen molar-refractivity contribution in [3.8, 4) is 22.3 Å². The lowest BCUT2D eigenvalue weighted by Gasteiger charge is -2.45. The van der Waals surface area contributed by atoms with E-state index in [2.05, 4.69) is 242 Å². The number of benzene rings is 8. The zero-order valence-electron chi connectivity index (χ0n) is 63.1. The molecule has 91 heavy (non-hydrogen) atoms. The molecule has 0 amide bonds. The first-order chi connectivity index (χ1) is 42.4. The highest BCUT2D eigenvalue weighted by molar-refractivity contribution is 6.25. The van der Waals surface area contributed by atoms with Crippen LogP contribution < -0.4 is 0 Å². The lowest BCUT2D eigenvalue weighted by atomic mass is 9.59. The van der Waals surface area contributed by atoms with Gasteiger partial charge >= 0.3 is 0 Å². The zero-order valence-corrected chi connectivity index (χ0v) is 63.1. The first kappa shape index (κ1) is 65.5. The highest BCUT2D eigenvalue weighted by Crippen LogP contribution is 2.60. The Kier molecular flexibility index (Phi) is 15.9. The average Bonchev–Trinajstić information content (AvgIpc) is 1.69. The summed E-state index contributed by atoms with van der Waals surface area (Å²) in [5, 5.41) is 5.12. The van der Waals surface area contributed by atoms with Gasteiger partial charge in [0.25, 0.3) is 0 Å². The van der Waals surface area contributed by atoms with Crippen LogP contribution in [0.4, 0.5) is 0 Å². The summed E-state index contributed by atoms with van der Waals surface area (Å²) in [6, 6.07) is 0. The Labute approximate surface area is 550 Å². The van der Waals surface area contributed by atoms with Gasteiger partial charge in [-0.05, 0) is 487 Å².